The molecule has 2 rings (SSSR count). The number of hydrogen-bond acceptors (Lipinski definition) is 4. The maximum absolute atomic E-state index is 14.2. The van der Waals surface area contributed by atoms with E-state index in [4.69, 9.17) is 21.2 Å². The topological polar surface area (TPSA) is 92.4 Å². The Bertz CT molecular complexity index is 802. The van der Waals surface area contributed by atoms with Crippen molar-refractivity contribution in [1.29, 1.82) is 0 Å². The highest BCUT2D eigenvalue weighted by Gasteiger charge is 2.25. The quantitative estimate of drug-likeness (QED) is 0.611. The van der Waals surface area contributed by atoms with Crippen molar-refractivity contribution in [3.8, 4) is 11.3 Å². The van der Waals surface area contributed by atoms with Crippen LogP contribution in [-0.4, -0.2) is 28.7 Å². The maximum atomic E-state index is 14.2. The van der Waals surface area contributed by atoms with Crippen molar-refractivity contribution in [3.63, 3.8) is 0 Å². The monoisotopic (exact) mass is 396 g/mol. The number of carbonyl (C=O) groups excluding carboxylic acids is 1. The van der Waals surface area contributed by atoms with Crippen LogP contribution in [0.25, 0.3) is 11.3 Å². The molecule has 0 radical (unpaired) electrons. The second-order valence-corrected chi connectivity index (χ2v) is 6.81. The molecule has 1 atom stereocenters. The third-order valence-electron chi connectivity index (χ3n) is 4.31. The van der Waals surface area contributed by atoms with Crippen LogP contribution < -0.4 is 5.32 Å². The Hall–Kier alpha value is -2.41. The predicted molar refractivity (Wildman–Crippen MR) is 99.2 cm³/mol. The van der Waals surface area contributed by atoms with E-state index < -0.39 is 17.7 Å². The minimum absolute atomic E-state index is 0.0313. The minimum Gasteiger partial charge on any atom is -0.481 e. The molecule has 0 saturated heterocycles. The fourth-order valence-electron chi connectivity index (χ4n) is 2.70. The number of aromatic nitrogens is 1. The summed E-state index contributed by atoms with van der Waals surface area (Å²) >= 11 is 6.06. The number of nitrogens with zero attached hydrogens (tertiary/aromatic N) is 1. The molecule has 0 aliphatic rings. The lowest BCUT2D eigenvalue weighted by atomic mass is 10.0. The van der Waals surface area contributed by atoms with Crippen molar-refractivity contribution in [2.75, 3.05) is 6.54 Å². The number of nitrogens with one attached hydrogen (secondary N) is 1. The molecule has 146 valence electrons. The number of aryl methyl sites for hydroxylation is 1. The van der Waals surface area contributed by atoms with E-state index in [1.165, 1.54) is 18.2 Å². The van der Waals surface area contributed by atoms with Gasteiger partial charge in [-0.1, -0.05) is 42.6 Å². The van der Waals surface area contributed by atoms with Gasteiger partial charge in [-0.25, -0.2) is 4.39 Å². The Labute approximate surface area is 161 Å². The van der Waals surface area contributed by atoms with Crippen molar-refractivity contribution >= 4 is 23.5 Å². The van der Waals surface area contributed by atoms with Gasteiger partial charge in [-0.3, -0.25) is 9.59 Å². The number of halogens is 2. The highest BCUT2D eigenvalue weighted by molar-refractivity contribution is 6.33. The molecule has 1 aromatic carbocycles. The third-order valence-corrected chi connectivity index (χ3v) is 4.63. The van der Waals surface area contributed by atoms with E-state index in [-0.39, 0.29) is 33.5 Å². The predicted octanol–water partition coefficient (Wildman–Crippen LogP) is 4.45. The van der Waals surface area contributed by atoms with Gasteiger partial charge >= 0.3 is 5.97 Å². The number of carboxylic acids is 1. The molecular formula is C19H22ClFN2O4. The number of benzene rings is 1. The molecular weight excluding hydrogens is 375 g/mol. The number of aliphatic carboxylic acids is 1. The zero-order valence-corrected chi connectivity index (χ0v) is 16.0. The molecule has 0 aliphatic carbocycles. The molecule has 0 spiro atoms. The number of carbonyl (C=O) groups is 2. The summed E-state index contributed by atoms with van der Waals surface area (Å²) in [7, 11) is 0. The lowest BCUT2D eigenvalue weighted by molar-refractivity contribution is -0.141. The SMILES string of the molecule is Cc1onc(-c2c(F)cccc2Cl)c1C(=O)NCCCCCC(C)C(=O)O. The van der Waals surface area contributed by atoms with Gasteiger partial charge in [0, 0.05) is 6.54 Å². The molecule has 6 nitrogen and oxygen atoms in total. The summed E-state index contributed by atoms with van der Waals surface area (Å²) in [6.07, 6.45) is 2.88. The second-order valence-electron chi connectivity index (χ2n) is 6.40. The summed E-state index contributed by atoms with van der Waals surface area (Å²) in [6, 6.07) is 4.23. The van der Waals surface area contributed by atoms with Gasteiger partial charge in [0.1, 0.15) is 22.8 Å². The van der Waals surface area contributed by atoms with Crippen LogP contribution >= 0.6 is 11.6 Å². The van der Waals surface area contributed by atoms with Gasteiger partial charge in [0.15, 0.2) is 0 Å². The average molecular weight is 397 g/mol. The van der Waals surface area contributed by atoms with Gasteiger partial charge < -0.3 is 14.9 Å². The second kappa shape index (κ2) is 9.50. The number of rotatable bonds is 9. The van der Waals surface area contributed by atoms with E-state index in [0.29, 0.717) is 19.4 Å². The van der Waals surface area contributed by atoms with Crippen LogP contribution in [-0.2, 0) is 4.79 Å². The molecule has 1 amide bonds. The summed E-state index contributed by atoms with van der Waals surface area (Å²) in [6.45, 7) is 3.66. The van der Waals surface area contributed by atoms with Gasteiger partial charge in [-0.2, -0.15) is 0 Å². The van der Waals surface area contributed by atoms with E-state index in [0.717, 1.165) is 12.8 Å². The lowest BCUT2D eigenvalue weighted by Gasteiger charge is -2.08. The molecule has 1 aromatic heterocycles. The largest absolute Gasteiger partial charge is 0.481 e. The fraction of sp³-hybridized carbons (Fsp3) is 0.421. The molecule has 0 aliphatic heterocycles. The summed E-state index contributed by atoms with van der Waals surface area (Å²) in [5.41, 5.74) is 0.258. The summed E-state index contributed by atoms with van der Waals surface area (Å²) in [5, 5.41) is 15.6. The van der Waals surface area contributed by atoms with Crippen LogP contribution in [0.1, 0.15) is 48.7 Å². The first-order valence-electron chi connectivity index (χ1n) is 8.74. The van der Waals surface area contributed by atoms with Crippen LogP contribution in [0.4, 0.5) is 4.39 Å². The number of hydrogen-bond donors (Lipinski definition) is 2. The van der Waals surface area contributed by atoms with Gasteiger partial charge in [0.25, 0.3) is 5.91 Å². The number of amides is 1. The zero-order chi connectivity index (χ0) is 20.0. The lowest BCUT2D eigenvalue weighted by Crippen LogP contribution is -2.25. The van der Waals surface area contributed by atoms with E-state index in [1.54, 1.807) is 13.8 Å². The first-order valence-corrected chi connectivity index (χ1v) is 9.12. The zero-order valence-electron chi connectivity index (χ0n) is 15.2. The molecule has 1 unspecified atom stereocenters. The molecule has 0 fully saturated rings. The Kier molecular flexibility index (Phi) is 7.36. The van der Waals surface area contributed by atoms with Gasteiger partial charge in [-0.05, 0) is 31.9 Å². The summed E-state index contributed by atoms with van der Waals surface area (Å²) in [5.74, 6) is -1.89. The van der Waals surface area contributed by atoms with Crippen LogP contribution in [0.2, 0.25) is 5.02 Å². The third kappa shape index (κ3) is 5.29. The van der Waals surface area contributed by atoms with Crippen LogP contribution in [0.5, 0.6) is 0 Å². The molecule has 0 bridgehead atoms. The van der Waals surface area contributed by atoms with Crippen LogP contribution in [0.3, 0.4) is 0 Å². The Balaban J connectivity index is 1.96. The molecule has 1 heterocycles. The summed E-state index contributed by atoms with van der Waals surface area (Å²) < 4.78 is 19.2. The van der Waals surface area contributed by atoms with Crippen molar-refractivity contribution in [1.82, 2.24) is 10.5 Å². The van der Waals surface area contributed by atoms with E-state index in [9.17, 15) is 14.0 Å². The van der Waals surface area contributed by atoms with E-state index in [1.807, 2.05) is 0 Å². The van der Waals surface area contributed by atoms with E-state index in [2.05, 4.69) is 10.5 Å². The van der Waals surface area contributed by atoms with Gasteiger partial charge in [-0.15, -0.1) is 0 Å². The normalized spacial score (nSPS) is 12.0. The molecule has 0 saturated carbocycles. The fourth-order valence-corrected chi connectivity index (χ4v) is 2.95. The number of carboxylic acid groups (broad SMARTS) is 1. The summed E-state index contributed by atoms with van der Waals surface area (Å²) in [4.78, 5) is 23.3. The first kappa shape index (κ1) is 20.9. The van der Waals surface area contributed by atoms with Crippen molar-refractivity contribution in [3.05, 3.63) is 40.4 Å². The highest BCUT2D eigenvalue weighted by atomic mass is 35.5. The number of unbranched alkanes of at least 4 members (excludes halogenated alkanes) is 2. The van der Waals surface area contributed by atoms with Gasteiger partial charge in [0.2, 0.25) is 0 Å². The smallest absolute Gasteiger partial charge is 0.306 e. The first-order chi connectivity index (χ1) is 12.8. The van der Waals surface area contributed by atoms with Crippen LogP contribution in [0.15, 0.2) is 22.7 Å². The Morgan fingerprint density at radius 2 is 2.07 bits per heavy atom. The molecule has 27 heavy (non-hydrogen) atoms. The Morgan fingerprint density at radius 3 is 2.74 bits per heavy atom. The Morgan fingerprint density at radius 1 is 1.33 bits per heavy atom. The molecule has 2 aromatic rings. The van der Waals surface area contributed by atoms with Crippen LogP contribution in [0, 0.1) is 18.7 Å². The van der Waals surface area contributed by atoms with Crippen molar-refractivity contribution in [2.45, 2.75) is 39.5 Å². The van der Waals surface area contributed by atoms with Crippen molar-refractivity contribution in [2.24, 2.45) is 5.92 Å². The minimum atomic E-state index is -0.800. The van der Waals surface area contributed by atoms with Crippen molar-refractivity contribution < 1.29 is 23.6 Å². The molecule has 8 heteroatoms. The average Bonchev–Trinajstić information content (AvgIpc) is 2.98. The highest BCUT2D eigenvalue weighted by Crippen LogP contribution is 2.33. The molecule has 2 N–H and O–H groups in total. The van der Waals surface area contributed by atoms with E-state index >= 15 is 0 Å². The standard InChI is InChI=1S/C19H22ClFN2O4/c1-11(19(25)26)7-4-3-5-10-22-18(24)15-12(2)27-23-17(15)16-13(20)8-6-9-14(16)21/h6,8-9,11H,3-5,7,10H2,1-2H3,(H,22,24)(H,25,26). The maximum Gasteiger partial charge on any atom is 0.306 e. The van der Waals surface area contributed by atoms with Gasteiger partial charge in [0.05, 0.1) is 16.5 Å².